The fraction of sp³-hybridized carbons (Fsp3) is 0.478. The molecule has 0 aliphatic heterocycles. The number of benzene rings is 1. The number of hydrogen-bond donors (Lipinski definition) is 3. The minimum absolute atomic E-state index is 0.0926. The van der Waals surface area contributed by atoms with Gasteiger partial charge in [-0.15, -0.1) is 0 Å². The lowest BCUT2D eigenvalue weighted by Crippen LogP contribution is -2.55. The molecule has 176 valence electrons. The lowest BCUT2D eigenvalue weighted by Gasteiger charge is -2.41. The first-order valence-corrected chi connectivity index (χ1v) is 12.5. The van der Waals surface area contributed by atoms with Crippen LogP contribution in [0.4, 0.5) is 0 Å². The van der Waals surface area contributed by atoms with E-state index < -0.39 is 35.2 Å². The van der Waals surface area contributed by atoms with Crippen molar-refractivity contribution in [3.8, 4) is 6.07 Å². The summed E-state index contributed by atoms with van der Waals surface area (Å²) in [5.41, 5.74) is 5.15. The number of aryl methyl sites for hydroxylation is 1. The van der Waals surface area contributed by atoms with E-state index in [2.05, 4.69) is 11.4 Å². The quantitative estimate of drug-likeness (QED) is 0.519. The molecule has 0 radical (unpaired) electrons. The molecular formula is C23H27ClN4O4S. The Balaban J connectivity index is 2.22. The summed E-state index contributed by atoms with van der Waals surface area (Å²) >= 11 is 7.72. The Morgan fingerprint density at radius 3 is 2.76 bits per heavy atom. The van der Waals surface area contributed by atoms with E-state index in [0.717, 1.165) is 0 Å². The molecule has 1 fully saturated rings. The van der Waals surface area contributed by atoms with Gasteiger partial charge in [-0.2, -0.15) is 17.0 Å². The molecule has 33 heavy (non-hydrogen) atoms. The molecule has 3 atom stereocenters. The van der Waals surface area contributed by atoms with E-state index in [-0.39, 0.29) is 17.7 Å². The maximum absolute atomic E-state index is 13.4. The van der Waals surface area contributed by atoms with Crippen molar-refractivity contribution < 1.29 is 19.5 Å². The number of halogens is 1. The van der Waals surface area contributed by atoms with Gasteiger partial charge in [0.05, 0.1) is 22.9 Å². The van der Waals surface area contributed by atoms with Gasteiger partial charge >= 0.3 is 5.97 Å². The van der Waals surface area contributed by atoms with Gasteiger partial charge in [0.15, 0.2) is 0 Å². The highest BCUT2D eigenvalue weighted by Gasteiger charge is 2.54. The van der Waals surface area contributed by atoms with Gasteiger partial charge in [-0.25, -0.2) is 4.79 Å². The molecule has 1 aliphatic carbocycles. The second-order valence-corrected chi connectivity index (χ2v) is 9.78. The first-order chi connectivity index (χ1) is 15.7. The van der Waals surface area contributed by atoms with Gasteiger partial charge < -0.3 is 20.7 Å². The topological polar surface area (TPSA) is 138 Å². The van der Waals surface area contributed by atoms with E-state index in [1.54, 1.807) is 37.0 Å². The van der Waals surface area contributed by atoms with Crippen LogP contribution in [0.3, 0.4) is 0 Å². The van der Waals surface area contributed by atoms with Crippen LogP contribution in [0.5, 0.6) is 0 Å². The lowest BCUT2D eigenvalue weighted by atomic mass is 9.60. The molecular weight excluding hydrogens is 464 g/mol. The Labute approximate surface area is 201 Å². The maximum atomic E-state index is 13.4. The standard InChI is InChI=1S/C23H27ClN4O4S/c1-28-17-11-13(24)6-7-15(17)18(19(28)21(30)31)23(22(26)32)9-4-3-5-16(23)20(29)27-14(12-25)8-10-33-2/h6-7,11,14,16H,3-5,8-10H2,1-2H3,(H2,26,32)(H,27,29)(H,30,31)/t14-,16-,23-/m0/s1. The van der Waals surface area contributed by atoms with Crippen molar-refractivity contribution in [1.82, 2.24) is 9.88 Å². The van der Waals surface area contributed by atoms with Crippen LogP contribution < -0.4 is 11.1 Å². The average molecular weight is 491 g/mol. The van der Waals surface area contributed by atoms with Crippen molar-refractivity contribution in [1.29, 1.82) is 5.26 Å². The molecule has 8 nitrogen and oxygen atoms in total. The Bertz CT molecular complexity index is 1140. The minimum atomic E-state index is -1.52. The van der Waals surface area contributed by atoms with E-state index >= 15 is 0 Å². The highest BCUT2D eigenvalue weighted by atomic mass is 35.5. The number of nitrogens with two attached hydrogens (primary N) is 1. The Kier molecular flexibility index (Phi) is 7.60. The summed E-state index contributed by atoms with van der Waals surface area (Å²) in [6.45, 7) is 0. The van der Waals surface area contributed by atoms with Crippen molar-refractivity contribution in [3.63, 3.8) is 0 Å². The predicted molar refractivity (Wildman–Crippen MR) is 128 cm³/mol. The van der Waals surface area contributed by atoms with Crippen molar-refractivity contribution in [2.75, 3.05) is 12.0 Å². The van der Waals surface area contributed by atoms with E-state index in [1.807, 2.05) is 6.26 Å². The average Bonchev–Trinajstić information content (AvgIpc) is 3.08. The second kappa shape index (κ2) is 10.1. The highest BCUT2D eigenvalue weighted by Crippen LogP contribution is 2.48. The Morgan fingerprint density at radius 2 is 2.15 bits per heavy atom. The summed E-state index contributed by atoms with van der Waals surface area (Å²) in [5.74, 6) is -2.63. The number of hydrogen-bond acceptors (Lipinski definition) is 5. The summed E-state index contributed by atoms with van der Waals surface area (Å²) in [6.07, 6.45) is 4.28. The summed E-state index contributed by atoms with van der Waals surface area (Å²) in [5, 5.41) is 23.3. The molecule has 10 heteroatoms. The molecule has 0 saturated heterocycles. The van der Waals surface area contributed by atoms with Gasteiger partial charge in [0.1, 0.15) is 11.7 Å². The number of aromatic nitrogens is 1. The zero-order valence-corrected chi connectivity index (χ0v) is 20.1. The molecule has 2 aromatic rings. The monoisotopic (exact) mass is 490 g/mol. The number of nitrogens with one attached hydrogen (secondary N) is 1. The van der Waals surface area contributed by atoms with Gasteiger partial charge in [0, 0.05) is 23.0 Å². The third-order valence-corrected chi connectivity index (χ3v) is 7.44. The number of carboxylic acid groups (broad SMARTS) is 1. The second-order valence-electron chi connectivity index (χ2n) is 8.35. The molecule has 3 rings (SSSR count). The normalized spacial score (nSPS) is 21.3. The fourth-order valence-corrected chi connectivity index (χ4v) is 5.67. The van der Waals surface area contributed by atoms with Gasteiger partial charge in [-0.05, 0) is 43.4 Å². The number of primary amides is 1. The molecule has 1 aromatic heterocycles. The van der Waals surface area contributed by atoms with Crippen molar-refractivity contribution >= 4 is 52.0 Å². The first kappa shape index (κ1) is 24.9. The van der Waals surface area contributed by atoms with Gasteiger partial charge in [-0.3, -0.25) is 9.59 Å². The summed E-state index contributed by atoms with van der Waals surface area (Å²) < 4.78 is 1.48. The van der Waals surface area contributed by atoms with Crippen LogP contribution in [0.1, 0.15) is 48.2 Å². The Morgan fingerprint density at radius 1 is 1.42 bits per heavy atom. The molecule has 1 saturated carbocycles. The number of carbonyl (C=O) groups excluding carboxylic acids is 2. The van der Waals surface area contributed by atoms with Crippen molar-refractivity contribution in [3.05, 3.63) is 34.5 Å². The van der Waals surface area contributed by atoms with Crippen molar-refractivity contribution in [2.24, 2.45) is 18.7 Å². The maximum Gasteiger partial charge on any atom is 0.352 e. The molecule has 1 aliphatic rings. The number of amides is 2. The molecule has 2 amide bonds. The molecule has 1 heterocycles. The van der Waals surface area contributed by atoms with Gasteiger partial charge in [0.25, 0.3) is 0 Å². The van der Waals surface area contributed by atoms with Gasteiger partial charge in [0.2, 0.25) is 11.8 Å². The first-order valence-electron chi connectivity index (χ1n) is 10.7. The van der Waals surface area contributed by atoms with E-state index in [4.69, 9.17) is 17.3 Å². The number of carboxylic acids is 1. The summed E-state index contributed by atoms with van der Waals surface area (Å²) in [7, 11) is 1.59. The number of rotatable bonds is 8. The molecule has 0 spiro atoms. The predicted octanol–water partition coefficient (Wildman–Crippen LogP) is 3.20. The zero-order valence-electron chi connectivity index (χ0n) is 18.6. The van der Waals surface area contributed by atoms with Crippen LogP contribution in [-0.2, 0) is 22.1 Å². The molecule has 1 aromatic carbocycles. The van der Waals surface area contributed by atoms with E-state index in [1.165, 1.54) is 4.57 Å². The SMILES string of the molecule is CSCC[C@@H](C#N)NC(=O)[C@@H]1CCCC[C@@]1(C(N)=O)c1c(C(=O)O)n(C)c2cc(Cl)ccc12. The lowest BCUT2D eigenvalue weighted by molar-refractivity contribution is -0.137. The number of thioether (sulfide) groups is 1. The highest BCUT2D eigenvalue weighted by molar-refractivity contribution is 7.98. The van der Waals surface area contributed by atoms with Crippen LogP contribution >= 0.6 is 23.4 Å². The van der Waals surface area contributed by atoms with Crippen molar-refractivity contribution in [2.45, 2.75) is 43.6 Å². The van der Waals surface area contributed by atoms with Crippen LogP contribution in [0.2, 0.25) is 5.02 Å². The number of carbonyl (C=O) groups is 3. The fourth-order valence-electron chi connectivity index (χ4n) is 5.03. The van der Waals surface area contributed by atoms with Crippen LogP contribution in [0, 0.1) is 17.2 Å². The summed E-state index contributed by atoms with van der Waals surface area (Å²) in [6, 6.07) is 6.32. The third-order valence-electron chi connectivity index (χ3n) is 6.56. The largest absolute Gasteiger partial charge is 0.477 e. The van der Waals surface area contributed by atoms with Crippen LogP contribution in [0.25, 0.3) is 10.9 Å². The third kappa shape index (κ3) is 4.42. The Hall–Kier alpha value is -2.70. The zero-order chi connectivity index (χ0) is 24.3. The molecule has 0 unspecified atom stereocenters. The molecule has 0 bridgehead atoms. The number of nitriles is 1. The smallest absolute Gasteiger partial charge is 0.352 e. The number of aromatic carboxylic acids is 1. The van der Waals surface area contributed by atoms with Crippen LogP contribution in [-0.4, -0.2) is 45.5 Å². The summed E-state index contributed by atoms with van der Waals surface area (Å²) in [4.78, 5) is 39.0. The van der Waals surface area contributed by atoms with Gasteiger partial charge in [-0.1, -0.05) is 30.5 Å². The van der Waals surface area contributed by atoms with E-state index in [9.17, 15) is 24.8 Å². The number of fused-ring (bicyclic) bond motifs is 1. The van der Waals surface area contributed by atoms with E-state index in [0.29, 0.717) is 47.4 Å². The van der Waals surface area contributed by atoms with Crippen LogP contribution in [0.15, 0.2) is 18.2 Å². The molecule has 4 N–H and O–H groups in total. The minimum Gasteiger partial charge on any atom is -0.477 e. The number of nitrogens with zero attached hydrogens (tertiary/aromatic N) is 2.